The molecule has 1 aromatic carbocycles. The smallest absolute Gasteiger partial charge is 0.0897 e. The van der Waals surface area contributed by atoms with Gasteiger partial charge in [-0.15, -0.1) is 0 Å². The number of benzene rings is 1. The van der Waals surface area contributed by atoms with Crippen molar-refractivity contribution >= 4 is 10.9 Å². The Kier molecular flexibility index (Phi) is 3.99. The lowest BCUT2D eigenvalue weighted by Crippen LogP contribution is -2.25. The van der Waals surface area contributed by atoms with Gasteiger partial charge in [0, 0.05) is 11.6 Å². The summed E-state index contributed by atoms with van der Waals surface area (Å²) in [6.07, 6.45) is 7.03. The molecule has 3 rings (SSSR count). The van der Waals surface area contributed by atoms with Gasteiger partial charge in [-0.1, -0.05) is 38.5 Å². The lowest BCUT2D eigenvalue weighted by atomic mass is 9.84. The van der Waals surface area contributed by atoms with Crippen molar-refractivity contribution in [1.82, 2.24) is 4.98 Å². The first kappa shape index (κ1) is 14.5. The molecule has 0 saturated heterocycles. The van der Waals surface area contributed by atoms with Crippen LogP contribution in [0.15, 0.2) is 36.5 Å². The summed E-state index contributed by atoms with van der Waals surface area (Å²) >= 11 is 0. The lowest BCUT2D eigenvalue weighted by Gasteiger charge is -2.28. The van der Waals surface area contributed by atoms with Gasteiger partial charge in [-0.2, -0.15) is 0 Å². The van der Waals surface area contributed by atoms with Crippen LogP contribution in [-0.4, -0.2) is 10.1 Å². The van der Waals surface area contributed by atoms with E-state index >= 15 is 0 Å². The van der Waals surface area contributed by atoms with E-state index in [1.54, 1.807) is 0 Å². The Hall–Kier alpha value is -1.41. The minimum Gasteiger partial charge on any atom is -0.385 e. The summed E-state index contributed by atoms with van der Waals surface area (Å²) in [5.41, 5.74) is 1.35. The summed E-state index contributed by atoms with van der Waals surface area (Å²) in [4.78, 5) is 4.42. The molecule has 1 fully saturated rings. The Labute approximate surface area is 127 Å². The van der Waals surface area contributed by atoms with E-state index in [0.29, 0.717) is 5.92 Å². The first-order chi connectivity index (χ1) is 10.1. The van der Waals surface area contributed by atoms with Crippen molar-refractivity contribution in [1.29, 1.82) is 0 Å². The van der Waals surface area contributed by atoms with E-state index in [-0.39, 0.29) is 0 Å². The number of nitrogens with zero attached hydrogens (tertiary/aromatic N) is 1. The topological polar surface area (TPSA) is 33.1 Å². The summed E-state index contributed by atoms with van der Waals surface area (Å²) in [5, 5.41) is 12.3. The van der Waals surface area contributed by atoms with Crippen molar-refractivity contribution in [2.75, 3.05) is 0 Å². The number of aromatic nitrogens is 1. The highest BCUT2D eigenvalue weighted by Gasteiger charge is 2.33. The Bertz CT molecular complexity index is 622. The van der Waals surface area contributed by atoms with Crippen LogP contribution in [0.3, 0.4) is 0 Å². The predicted molar refractivity (Wildman–Crippen MR) is 87.1 cm³/mol. The maximum Gasteiger partial charge on any atom is 0.0897 e. The van der Waals surface area contributed by atoms with Gasteiger partial charge in [-0.25, -0.2) is 0 Å². The van der Waals surface area contributed by atoms with E-state index in [4.69, 9.17) is 0 Å². The summed E-state index contributed by atoms with van der Waals surface area (Å²) < 4.78 is 0. The molecule has 2 aromatic rings. The van der Waals surface area contributed by atoms with Crippen LogP contribution in [0, 0.1) is 11.8 Å². The summed E-state index contributed by atoms with van der Waals surface area (Å²) in [6.45, 7) is 4.60. The third-order valence-electron chi connectivity index (χ3n) is 5.18. The number of aliphatic hydroxyl groups is 1. The third kappa shape index (κ3) is 2.96. The molecule has 1 N–H and O–H groups in total. The zero-order valence-corrected chi connectivity index (χ0v) is 13.0. The number of hydrogen-bond donors (Lipinski definition) is 1. The van der Waals surface area contributed by atoms with Gasteiger partial charge < -0.3 is 5.11 Å². The molecule has 0 spiro atoms. The first-order valence-corrected chi connectivity index (χ1v) is 8.16. The van der Waals surface area contributed by atoms with Crippen LogP contribution in [0.5, 0.6) is 0 Å². The largest absolute Gasteiger partial charge is 0.385 e. The summed E-state index contributed by atoms with van der Waals surface area (Å²) in [6, 6.07) is 10.3. The van der Waals surface area contributed by atoms with E-state index in [2.05, 4.69) is 43.1 Å². The fourth-order valence-corrected chi connectivity index (χ4v) is 3.66. The first-order valence-electron chi connectivity index (χ1n) is 8.16. The van der Waals surface area contributed by atoms with Crippen molar-refractivity contribution in [3.05, 3.63) is 42.1 Å². The molecule has 1 aromatic heterocycles. The molecule has 1 heterocycles. The lowest BCUT2D eigenvalue weighted by molar-refractivity contribution is 0.0192. The van der Waals surface area contributed by atoms with E-state index in [1.165, 1.54) is 6.42 Å². The molecule has 2 heteroatoms. The minimum absolute atomic E-state index is 0.671. The second-order valence-corrected chi connectivity index (χ2v) is 6.88. The van der Waals surface area contributed by atoms with Crippen LogP contribution < -0.4 is 0 Å². The molecular weight excluding hydrogens is 258 g/mol. The number of hydrogen-bond acceptors (Lipinski definition) is 2. The van der Waals surface area contributed by atoms with Crippen molar-refractivity contribution in [3.63, 3.8) is 0 Å². The molecule has 112 valence electrons. The molecule has 1 aliphatic carbocycles. The Morgan fingerprint density at radius 1 is 1.19 bits per heavy atom. The normalized spacial score (nSPS) is 27.0. The van der Waals surface area contributed by atoms with E-state index in [1.807, 2.05) is 12.3 Å². The molecule has 0 aliphatic heterocycles. The van der Waals surface area contributed by atoms with Gasteiger partial charge in [0.05, 0.1) is 11.1 Å². The van der Waals surface area contributed by atoms with Crippen molar-refractivity contribution in [3.8, 4) is 0 Å². The SMILES string of the molecule is CC(C)C1CCCC(O)(c2ccc3cccnc3c2)CC1. The maximum atomic E-state index is 11.2. The molecule has 0 radical (unpaired) electrons. The fourth-order valence-electron chi connectivity index (χ4n) is 3.66. The van der Waals surface area contributed by atoms with Gasteiger partial charge >= 0.3 is 0 Å². The fraction of sp³-hybridized carbons (Fsp3) is 0.526. The minimum atomic E-state index is -0.671. The van der Waals surface area contributed by atoms with Gasteiger partial charge in [-0.3, -0.25) is 4.98 Å². The van der Waals surface area contributed by atoms with Gasteiger partial charge in [0.1, 0.15) is 0 Å². The standard InChI is InChI=1S/C19H25NO/c1-14(2)15-5-3-10-19(21,11-9-15)17-8-7-16-6-4-12-20-18(16)13-17/h4,6-8,12-15,21H,3,5,9-11H2,1-2H3. The van der Waals surface area contributed by atoms with E-state index in [0.717, 1.165) is 48.1 Å². The molecule has 1 aliphatic rings. The average molecular weight is 283 g/mol. The summed E-state index contributed by atoms with van der Waals surface area (Å²) in [7, 11) is 0. The highest BCUT2D eigenvalue weighted by molar-refractivity contribution is 5.79. The van der Waals surface area contributed by atoms with Crippen molar-refractivity contribution < 1.29 is 5.11 Å². The number of pyridine rings is 1. The molecule has 1 saturated carbocycles. The monoisotopic (exact) mass is 283 g/mol. The van der Waals surface area contributed by atoms with Crippen molar-refractivity contribution in [2.24, 2.45) is 11.8 Å². The van der Waals surface area contributed by atoms with Crippen LogP contribution in [0.25, 0.3) is 10.9 Å². The third-order valence-corrected chi connectivity index (χ3v) is 5.18. The van der Waals surface area contributed by atoms with Gasteiger partial charge in [0.15, 0.2) is 0 Å². The molecule has 0 bridgehead atoms. The van der Waals surface area contributed by atoms with Gasteiger partial charge in [0.2, 0.25) is 0 Å². The number of rotatable bonds is 2. The van der Waals surface area contributed by atoms with Crippen LogP contribution >= 0.6 is 0 Å². The number of fused-ring (bicyclic) bond motifs is 1. The second kappa shape index (κ2) is 5.76. The zero-order chi connectivity index (χ0) is 14.9. The molecule has 2 atom stereocenters. The zero-order valence-electron chi connectivity index (χ0n) is 13.0. The Balaban J connectivity index is 1.89. The predicted octanol–water partition coefficient (Wildman–Crippen LogP) is 4.66. The highest BCUT2D eigenvalue weighted by atomic mass is 16.3. The van der Waals surface area contributed by atoms with Gasteiger partial charge in [-0.05, 0) is 55.2 Å². The molecule has 2 nitrogen and oxygen atoms in total. The van der Waals surface area contributed by atoms with Crippen molar-refractivity contribution in [2.45, 2.75) is 51.6 Å². The highest BCUT2D eigenvalue weighted by Crippen LogP contribution is 2.40. The van der Waals surface area contributed by atoms with Crippen LogP contribution in [0.1, 0.15) is 51.5 Å². The van der Waals surface area contributed by atoms with Crippen LogP contribution in [-0.2, 0) is 5.60 Å². The Morgan fingerprint density at radius 3 is 2.86 bits per heavy atom. The molecule has 0 amide bonds. The molecule has 2 unspecified atom stereocenters. The maximum absolute atomic E-state index is 11.2. The second-order valence-electron chi connectivity index (χ2n) is 6.88. The Morgan fingerprint density at radius 2 is 2.05 bits per heavy atom. The van der Waals surface area contributed by atoms with Crippen LogP contribution in [0.4, 0.5) is 0 Å². The quantitative estimate of drug-likeness (QED) is 0.813. The average Bonchev–Trinajstić information content (AvgIpc) is 2.70. The van der Waals surface area contributed by atoms with Gasteiger partial charge in [0.25, 0.3) is 0 Å². The summed E-state index contributed by atoms with van der Waals surface area (Å²) in [5.74, 6) is 1.46. The van der Waals surface area contributed by atoms with E-state index < -0.39 is 5.60 Å². The molecule has 21 heavy (non-hydrogen) atoms. The van der Waals surface area contributed by atoms with Crippen LogP contribution in [0.2, 0.25) is 0 Å². The molecular formula is C19H25NO. The van der Waals surface area contributed by atoms with E-state index in [9.17, 15) is 5.11 Å².